The van der Waals surface area contributed by atoms with Gasteiger partial charge < -0.3 is 0 Å². The van der Waals surface area contributed by atoms with Crippen molar-refractivity contribution in [2.75, 3.05) is 0 Å². The van der Waals surface area contributed by atoms with Gasteiger partial charge in [0.1, 0.15) is 0 Å². The van der Waals surface area contributed by atoms with E-state index in [9.17, 15) is 0 Å². The largest absolute Gasteiger partial charge is 0.0616 e. The van der Waals surface area contributed by atoms with Crippen molar-refractivity contribution in [3.63, 3.8) is 0 Å². The molecule has 0 unspecified atom stereocenters. The Morgan fingerprint density at radius 2 is 0.950 bits per heavy atom. The molecule has 0 radical (unpaired) electrons. The summed E-state index contributed by atoms with van der Waals surface area (Å²) in [6.45, 7) is 0. The summed E-state index contributed by atoms with van der Waals surface area (Å²) >= 11 is 7.09. The lowest BCUT2D eigenvalue weighted by Crippen LogP contribution is -1.85. The monoisotopic (exact) mass is 386 g/mol. The highest BCUT2D eigenvalue weighted by Crippen LogP contribution is 2.33. The van der Waals surface area contributed by atoms with Crippen molar-refractivity contribution in [3.8, 4) is 22.3 Å². The van der Waals surface area contributed by atoms with Gasteiger partial charge in [0.05, 0.1) is 0 Å². The highest BCUT2D eigenvalue weighted by molar-refractivity contribution is 9.10. The molecule has 20 heavy (non-hydrogen) atoms. The summed E-state index contributed by atoms with van der Waals surface area (Å²) in [5, 5.41) is 0. The van der Waals surface area contributed by atoms with Crippen LogP contribution in [0.4, 0.5) is 0 Å². The molecule has 3 aromatic rings. The first-order valence-electron chi connectivity index (χ1n) is 6.35. The zero-order valence-corrected chi connectivity index (χ0v) is 13.9. The lowest BCUT2D eigenvalue weighted by molar-refractivity contribution is 1.56. The van der Waals surface area contributed by atoms with Crippen molar-refractivity contribution in [1.29, 1.82) is 0 Å². The molecule has 0 saturated heterocycles. The molecule has 0 fully saturated rings. The van der Waals surface area contributed by atoms with E-state index in [1.54, 1.807) is 0 Å². The first-order chi connectivity index (χ1) is 9.74. The van der Waals surface area contributed by atoms with Crippen LogP contribution in [0.5, 0.6) is 0 Å². The summed E-state index contributed by atoms with van der Waals surface area (Å²) in [6, 6.07) is 25.3. The molecular weight excluding hydrogens is 376 g/mol. The van der Waals surface area contributed by atoms with Gasteiger partial charge in [0, 0.05) is 8.95 Å². The van der Waals surface area contributed by atoms with E-state index in [1.165, 1.54) is 22.3 Å². The van der Waals surface area contributed by atoms with Gasteiger partial charge >= 0.3 is 0 Å². The number of hydrogen-bond donors (Lipinski definition) is 0. The fourth-order valence-electron chi connectivity index (χ4n) is 2.30. The molecule has 3 rings (SSSR count). The van der Waals surface area contributed by atoms with Gasteiger partial charge in [0.2, 0.25) is 0 Å². The topological polar surface area (TPSA) is 0 Å². The second-order valence-electron chi connectivity index (χ2n) is 4.57. The summed E-state index contributed by atoms with van der Waals surface area (Å²) in [4.78, 5) is 0. The SMILES string of the molecule is Brc1cccc(-c2ccccc2-c2cccc(Br)c2)c1. The Balaban J connectivity index is 2.18. The van der Waals surface area contributed by atoms with Gasteiger partial charge in [0.15, 0.2) is 0 Å². The maximum Gasteiger partial charge on any atom is 0.0181 e. The van der Waals surface area contributed by atoms with Crippen molar-refractivity contribution in [2.24, 2.45) is 0 Å². The fraction of sp³-hybridized carbons (Fsp3) is 0. The predicted octanol–water partition coefficient (Wildman–Crippen LogP) is 6.55. The average molecular weight is 388 g/mol. The molecule has 0 amide bonds. The third-order valence-corrected chi connectivity index (χ3v) is 4.18. The van der Waals surface area contributed by atoms with E-state index < -0.39 is 0 Å². The Labute approximate surface area is 135 Å². The molecule has 0 N–H and O–H groups in total. The molecule has 2 heteroatoms. The van der Waals surface area contributed by atoms with E-state index in [2.05, 4.69) is 92.5 Å². The average Bonchev–Trinajstić information content (AvgIpc) is 2.47. The second-order valence-corrected chi connectivity index (χ2v) is 6.40. The molecule has 0 spiro atoms. The van der Waals surface area contributed by atoms with Gasteiger partial charge in [-0.05, 0) is 46.5 Å². The molecule has 0 aliphatic rings. The smallest absolute Gasteiger partial charge is 0.0181 e. The molecule has 0 aliphatic heterocycles. The summed E-state index contributed by atoms with van der Waals surface area (Å²) in [6.07, 6.45) is 0. The van der Waals surface area contributed by atoms with Gasteiger partial charge in [-0.3, -0.25) is 0 Å². The Kier molecular flexibility index (Phi) is 4.04. The van der Waals surface area contributed by atoms with Crippen LogP contribution in [0, 0.1) is 0 Å². The van der Waals surface area contributed by atoms with Crippen LogP contribution in [-0.2, 0) is 0 Å². The first kappa shape index (κ1) is 13.6. The molecular formula is C18H12Br2. The Morgan fingerprint density at radius 1 is 0.500 bits per heavy atom. The standard InChI is InChI=1S/C18H12Br2/c19-15-7-3-5-13(11-15)17-9-1-2-10-18(17)14-6-4-8-16(20)12-14/h1-12H. The quantitative estimate of drug-likeness (QED) is 0.467. The minimum atomic E-state index is 1.10. The van der Waals surface area contributed by atoms with Gasteiger partial charge in [-0.2, -0.15) is 0 Å². The van der Waals surface area contributed by atoms with Crippen LogP contribution in [0.15, 0.2) is 81.7 Å². The lowest BCUT2D eigenvalue weighted by Gasteiger charge is -2.10. The normalized spacial score (nSPS) is 10.5. The molecule has 0 bridgehead atoms. The van der Waals surface area contributed by atoms with Gasteiger partial charge in [-0.25, -0.2) is 0 Å². The van der Waals surface area contributed by atoms with Crippen LogP contribution in [0.1, 0.15) is 0 Å². The van der Waals surface area contributed by atoms with E-state index in [0.717, 1.165) is 8.95 Å². The molecule has 0 nitrogen and oxygen atoms in total. The van der Waals surface area contributed by atoms with Crippen LogP contribution in [0.25, 0.3) is 22.3 Å². The molecule has 3 aromatic carbocycles. The van der Waals surface area contributed by atoms with Crippen LogP contribution < -0.4 is 0 Å². The van der Waals surface area contributed by atoms with Crippen molar-refractivity contribution in [3.05, 3.63) is 81.7 Å². The second kappa shape index (κ2) is 5.94. The third-order valence-electron chi connectivity index (χ3n) is 3.20. The number of halogens is 2. The summed E-state index contributed by atoms with van der Waals surface area (Å²) in [7, 11) is 0. The molecule has 0 aliphatic carbocycles. The zero-order chi connectivity index (χ0) is 13.9. The molecule has 0 heterocycles. The Morgan fingerprint density at radius 3 is 1.35 bits per heavy atom. The van der Waals surface area contributed by atoms with Gasteiger partial charge in [-0.15, -0.1) is 0 Å². The Hall–Kier alpha value is -1.38. The number of benzene rings is 3. The van der Waals surface area contributed by atoms with E-state index in [-0.39, 0.29) is 0 Å². The first-order valence-corrected chi connectivity index (χ1v) is 7.93. The lowest BCUT2D eigenvalue weighted by atomic mass is 9.95. The van der Waals surface area contributed by atoms with E-state index >= 15 is 0 Å². The maximum absolute atomic E-state index is 3.54. The third kappa shape index (κ3) is 2.87. The van der Waals surface area contributed by atoms with E-state index in [0.29, 0.717) is 0 Å². The van der Waals surface area contributed by atoms with Gasteiger partial charge in [0.25, 0.3) is 0 Å². The van der Waals surface area contributed by atoms with Crippen molar-refractivity contribution >= 4 is 31.9 Å². The molecule has 0 atom stereocenters. The fourth-order valence-corrected chi connectivity index (χ4v) is 3.10. The minimum absolute atomic E-state index is 1.10. The maximum atomic E-state index is 3.54. The zero-order valence-electron chi connectivity index (χ0n) is 10.7. The molecule has 0 saturated carbocycles. The summed E-state index contributed by atoms with van der Waals surface area (Å²) in [5.74, 6) is 0. The Bertz CT molecular complexity index is 683. The minimum Gasteiger partial charge on any atom is -0.0616 e. The summed E-state index contributed by atoms with van der Waals surface area (Å²) < 4.78 is 2.19. The van der Waals surface area contributed by atoms with Crippen LogP contribution in [0.2, 0.25) is 0 Å². The van der Waals surface area contributed by atoms with Crippen molar-refractivity contribution in [1.82, 2.24) is 0 Å². The number of hydrogen-bond acceptors (Lipinski definition) is 0. The van der Waals surface area contributed by atoms with Crippen molar-refractivity contribution < 1.29 is 0 Å². The van der Waals surface area contributed by atoms with Crippen LogP contribution in [-0.4, -0.2) is 0 Å². The van der Waals surface area contributed by atoms with Crippen molar-refractivity contribution in [2.45, 2.75) is 0 Å². The predicted molar refractivity (Wildman–Crippen MR) is 92.7 cm³/mol. The molecule has 98 valence electrons. The number of rotatable bonds is 2. The van der Waals surface area contributed by atoms with E-state index in [4.69, 9.17) is 0 Å². The summed E-state index contributed by atoms with van der Waals surface area (Å²) in [5.41, 5.74) is 4.92. The van der Waals surface area contributed by atoms with Crippen LogP contribution in [0.3, 0.4) is 0 Å². The highest BCUT2D eigenvalue weighted by atomic mass is 79.9. The highest BCUT2D eigenvalue weighted by Gasteiger charge is 2.07. The molecule has 0 aromatic heterocycles. The van der Waals surface area contributed by atoms with Gasteiger partial charge in [-0.1, -0.05) is 80.4 Å². The van der Waals surface area contributed by atoms with Crippen LogP contribution >= 0.6 is 31.9 Å². The van der Waals surface area contributed by atoms with E-state index in [1.807, 2.05) is 12.1 Å².